The molecule has 6 nitrogen and oxygen atoms in total. The molecular formula is C13H13N5O. The van der Waals surface area contributed by atoms with Gasteiger partial charge in [0.15, 0.2) is 0 Å². The van der Waals surface area contributed by atoms with Crippen molar-refractivity contribution in [1.82, 2.24) is 15.0 Å². The molecule has 0 saturated heterocycles. The van der Waals surface area contributed by atoms with E-state index in [1.807, 2.05) is 30.3 Å². The van der Waals surface area contributed by atoms with E-state index in [0.29, 0.717) is 12.4 Å². The average Bonchev–Trinajstić information content (AvgIpc) is 2.88. The van der Waals surface area contributed by atoms with Crippen LogP contribution in [0.5, 0.6) is 0 Å². The molecule has 0 aliphatic carbocycles. The fraction of sp³-hybridized carbons (Fsp3) is 0.154. The van der Waals surface area contributed by atoms with E-state index in [4.69, 9.17) is 11.1 Å². The Kier molecular flexibility index (Phi) is 3.90. The Bertz CT molecular complexity index is 626. The Labute approximate surface area is 110 Å². The summed E-state index contributed by atoms with van der Waals surface area (Å²) in [7, 11) is 0. The molecule has 0 spiro atoms. The highest BCUT2D eigenvalue weighted by atomic mass is 16.2. The van der Waals surface area contributed by atoms with Crippen LogP contribution in [0.2, 0.25) is 0 Å². The van der Waals surface area contributed by atoms with Crippen molar-refractivity contribution in [2.45, 2.75) is 13.0 Å². The second kappa shape index (κ2) is 5.80. The number of rotatable bonds is 4. The van der Waals surface area contributed by atoms with Gasteiger partial charge in [-0.15, -0.1) is 0 Å². The molecule has 3 N–H and O–H groups in total. The highest BCUT2D eigenvalue weighted by Crippen LogP contribution is 2.12. The molecule has 0 atom stereocenters. The molecule has 96 valence electrons. The van der Waals surface area contributed by atoms with E-state index < -0.39 is 0 Å². The minimum atomic E-state index is -0.251. The van der Waals surface area contributed by atoms with Crippen molar-refractivity contribution in [3.63, 3.8) is 0 Å². The van der Waals surface area contributed by atoms with Gasteiger partial charge in [-0.05, 0) is 11.1 Å². The van der Waals surface area contributed by atoms with Crippen molar-refractivity contribution >= 4 is 5.91 Å². The number of nitrogens with two attached hydrogens (primary N) is 1. The molecule has 0 radical (unpaired) electrons. The summed E-state index contributed by atoms with van der Waals surface area (Å²) in [4.78, 5) is 15.3. The highest BCUT2D eigenvalue weighted by molar-refractivity contribution is 5.78. The van der Waals surface area contributed by atoms with Crippen LogP contribution in [-0.2, 0) is 17.8 Å². The normalized spacial score (nSPS) is 9.89. The number of imidazole rings is 1. The van der Waals surface area contributed by atoms with Gasteiger partial charge in [0.25, 0.3) is 0 Å². The Morgan fingerprint density at radius 2 is 2.16 bits per heavy atom. The summed E-state index contributed by atoms with van der Waals surface area (Å²) in [6.45, 7) is 0.497. The minimum Gasteiger partial charge on any atom is -0.318 e. The van der Waals surface area contributed by atoms with Gasteiger partial charge in [0.1, 0.15) is 6.07 Å². The van der Waals surface area contributed by atoms with Crippen molar-refractivity contribution in [3.05, 3.63) is 53.6 Å². The molecule has 0 fully saturated rings. The predicted molar refractivity (Wildman–Crippen MR) is 68.5 cm³/mol. The van der Waals surface area contributed by atoms with Crippen LogP contribution in [0.4, 0.5) is 0 Å². The second-order valence-corrected chi connectivity index (χ2v) is 4.00. The third kappa shape index (κ3) is 2.97. The molecule has 0 unspecified atom stereocenters. The third-order valence-electron chi connectivity index (χ3n) is 2.79. The van der Waals surface area contributed by atoms with Crippen LogP contribution in [0.1, 0.15) is 17.0 Å². The van der Waals surface area contributed by atoms with E-state index in [1.165, 1.54) is 0 Å². The Balaban J connectivity index is 2.26. The van der Waals surface area contributed by atoms with Crippen molar-refractivity contribution in [2.24, 2.45) is 5.84 Å². The number of nitrogens with zero attached hydrogens (tertiary/aromatic N) is 3. The lowest BCUT2D eigenvalue weighted by Crippen LogP contribution is -2.31. The molecule has 1 amide bonds. The fourth-order valence-corrected chi connectivity index (χ4v) is 1.84. The number of aromatic nitrogens is 2. The lowest BCUT2D eigenvalue weighted by atomic mass is 10.0. The van der Waals surface area contributed by atoms with Gasteiger partial charge in [0.2, 0.25) is 11.7 Å². The predicted octanol–water partition coefficient (Wildman–Crippen LogP) is 0.335. The molecule has 2 rings (SSSR count). The maximum atomic E-state index is 11.4. The molecule has 1 aromatic heterocycles. The van der Waals surface area contributed by atoms with Crippen molar-refractivity contribution in [3.8, 4) is 6.07 Å². The molecule has 6 heteroatoms. The summed E-state index contributed by atoms with van der Waals surface area (Å²) >= 11 is 0. The summed E-state index contributed by atoms with van der Waals surface area (Å²) in [6, 6.07) is 9.56. The standard InChI is InChI=1S/C13H13N5O/c14-8-12-16-5-6-18(12)9-11-4-2-1-3-10(11)7-13(19)17-15/h1-6H,7,9,15H2,(H,17,19). The van der Waals surface area contributed by atoms with Gasteiger partial charge in [-0.3, -0.25) is 10.2 Å². The van der Waals surface area contributed by atoms with E-state index >= 15 is 0 Å². The summed E-state index contributed by atoms with van der Waals surface area (Å²) in [6.07, 6.45) is 3.52. The monoisotopic (exact) mass is 255 g/mol. The number of amides is 1. The summed E-state index contributed by atoms with van der Waals surface area (Å²) in [5.41, 5.74) is 3.95. The Hall–Kier alpha value is -2.65. The first-order valence-electron chi connectivity index (χ1n) is 5.72. The number of benzene rings is 1. The first-order chi connectivity index (χ1) is 9.24. The number of carbonyl (C=O) groups excluding carboxylic acids is 1. The van der Waals surface area contributed by atoms with Crippen molar-refractivity contribution in [2.75, 3.05) is 0 Å². The van der Waals surface area contributed by atoms with Crippen LogP contribution in [0.15, 0.2) is 36.7 Å². The first kappa shape index (κ1) is 12.8. The molecule has 0 bridgehead atoms. The number of carbonyl (C=O) groups is 1. The largest absolute Gasteiger partial charge is 0.318 e. The van der Waals surface area contributed by atoms with E-state index in [2.05, 4.69) is 10.4 Å². The molecule has 2 aromatic rings. The molecule has 1 heterocycles. The molecule has 0 aliphatic rings. The zero-order chi connectivity index (χ0) is 13.7. The zero-order valence-electron chi connectivity index (χ0n) is 10.2. The summed E-state index contributed by atoms with van der Waals surface area (Å²) in [5.74, 6) is 5.19. The second-order valence-electron chi connectivity index (χ2n) is 4.00. The minimum absolute atomic E-state index is 0.212. The summed E-state index contributed by atoms with van der Waals surface area (Å²) < 4.78 is 1.74. The number of nitrogens with one attached hydrogen (secondary N) is 1. The SMILES string of the molecule is N#Cc1nccn1Cc1ccccc1CC(=O)NN. The van der Waals surface area contributed by atoms with Gasteiger partial charge in [-0.1, -0.05) is 24.3 Å². The van der Waals surface area contributed by atoms with Crippen LogP contribution in [-0.4, -0.2) is 15.5 Å². The van der Waals surface area contributed by atoms with E-state index in [0.717, 1.165) is 11.1 Å². The zero-order valence-corrected chi connectivity index (χ0v) is 10.2. The number of hydrogen-bond donors (Lipinski definition) is 2. The quantitative estimate of drug-likeness (QED) is 0.467. The Morgan fingerprint density at radius 1 is 1.42 bits per heavy atom. The maximum absolute atomic E-state index is 11.4. The van der Waals surface area contributed by atoms with Gasteiger partial charge in [0.05, 0.1) is 13.0 Å². The Morgan fingerprint density at radius 3 is 2.84 bits per heavy atom. The molecule has 0 aliphatic heterocycles. The summed E-state index contributed by atoms with van der Waals surface area (Å²) in [5, 5.41) is 8.92. The lowest BCUT2D eigenvalue weighted by molar-refractivity contribution is -0.120. The third-order valence-corrected chi connectivity index (χ3v) is 2.79. The van der Waals surface area contributed by atoms with Crippen molar-refractivity contribution in [1.29, 1.82) is 5.26 Å². The van der Waals surface area contributed by atoms with Gasteiger partial charge in [-0.25, -0.2) is 10.8 Å². The first-order valence-corrected chi connectivity index (χ1v) is 5.72. The van der Waals surface area contributed by atoms with Crippen LogP contribution in [0, 0.1) is 11.3 Å². The van der Waals surface area contributed by atoms with E-state index in [-0.39, 0.29) is 12.3 Å². The smallest absolute Gasteiger partial charge is 0.238 e. The van der Waals surface area contributed by atoms with Gasteiger partial charge in [-0.2, -0.15) is 5.26 Å². The fourth-order valence-electron chi connectivity index (χ4n) is 1.84. The van der Waals surface area contributed by atoms with E-state index in [9.17, 15) is 4.79 Å². The van der Waals surface area contributed by atoms with Gasteiger partial charge >= 0.3 is 0 Å². The van der Waals surface area contributed by atoms with Crippen molar-refractivity contribution < 1.29 is 4.79 Å². The van der Waals surface area contributed by atoms with Crippen LogP contribution in [0.3, 0.4) is 0 Å². The topological polar surface area (TPSA) is 96.7 Å². The van der Waals surface area contributed by atoms with Crippen LogP contribution < -0.4 is 11.3 Å². The van der Waals surface area contributed by atoms with E-state index in [1.54, 1.807) is 17.0 Å². The van der Waals surface area contributed by atoms with Gasteiger partial charge in [0, 0.05) is 12.4 Å². The van der Waals surface area contributed by atoms with Crippen LogP contribution >= 0.6 is 0 Å². The molecule has 1 aromatic carbocycles. The molecule has 0 saturated carbocycles. The molecular weight excluding hydrogens is 242 g/mol. The molecule has 19 heavy (non-hydrogen) atoms. The maximum Gasteiger partial charge on any atom is 0.238 e. The lowest BCUT2D eigenvalue weighted by Gasteiger charge is -2.10. The number of hydrogen-bond acceptors (Lipinski definition) is 4. The van der Waals surface area contributed by atoms with Gasteiger partial charge < -0.3 is 4.57 Å². The number of hydrazine groups is 1. The number of nitriles is 1. The average molecular weight is 255 g/mol. The highest BCUT2D eigenvalue weighted by Gasteiger charge is 2.08. The van der Waals surface area contributed by atoms with Crippen LogP contribution in [0.25, 0.3) is 0 Å².